The van der Waals surface area contributed by atoms with Crippen LogP contribution in [-0.4, -0.2) is 45.5 Å². The standard InChI is InChI=1S/C14H21N2O8P/c1-3-23-14(19)10(16-13(18)8(2)15)6-9-4-5-12(11(17)7-9)24-25(20,21)22/h4-5,7-8,10,17H,3,6,15H2,1-2H3,(H,16,18)(H2,20,21,22)/t8-,10-/m0/s1. The summed E-state index contributed by atoms with van der Waals surface area (Å²) >= 11 is 0. The Morgan fingerprint density at radius 1 is 1.36 bits per heavy atom. The van der Waals surface area contributed by atoms with Gasteiger partial charge in [-0.2, -0.15) is 0 Å². The van der Waals surface area contributed by atoms with Crippen molar-refractivity contribution in [2.24, 2.45) is 5.73 Å². The molecule has 140 valence electrons. The number of carbonyl (C=O) groups is 2. The van der Waals surface area contributed by atoms with Crippen molar-refractivity contribution in [2.45, 2.75) is 32.4 Å². The molecule has 25 heavy (non-hydrogen) atoms. The number of esters is 1. The van der Waals surface area contributed by atoms with E-state index in [0.29, 0.717) is 5.56 Å². The maximum absolute atomic E-state index is 12.0. The third-order valence-electron chi connectivity index (χ3n) is 2.98. The number of hydrogen-bond acceptors (Lipinski definition) is 7. The van der Waals surface area contributed by atoms with Gasteiger partial charge < -0.3 is 25.4 Å². The van der Waals surface area contributed by atoms with Crippen LogP contribution in [0.5, 0.6) is 11.5 Å². The van der Waals surface area contributed by atoms with E-state index in [1.165, 1.54) is 13.0 Å². The molecule has 0 aromatic heterocycles. The molecule has 1 aromatic carbocycles. The lowest BCUT2D eigenvalue weighted by molar-refractivity contribution is -0.147. The number of rotatable bonds is 8. The van der Waals surface area contributed by atoms with Crippen LogP contribution in [0.25, 0.3) is 0 Å². The molecule has 0 aliphatic rings. The Hall–Kier alpha value is -2.13. The van der Waals surface area contributed by atoms with Gasteiger partial charge in [-0.05, 0) is 31.5 Å². The number of ether oxygens (including phenoxy) is 1. The van der Waals surface area contributed by atoms with Gasteiger partial charge >= 0.3 is 13.8 Å². The van der Waals surface area contributed by atoms with Crippen LogP contribution in [0.2, 0.25) is 0 Å². The average Bonchev–Trinajstić information content (AvgIpc) is 2.48. The molecule has 1 rings (SSSR count). The topological polar surface area (TPSA) is 168 Å². The van der Waals surface area contributed by atoms with Gasteiger partial charge in [-0.15, -0.1) is 0 Å². The van der Waals surface area contributed by atoms with Gasteiger partial charge in [-0.25, -0.2) is 9.36 Å². The highest BCUT2D eigenvalue weighted by Crippen LogP contribution is 2.41. The Morgan fingerprint density at radius 3 is 2.48 bits per heavy atom. The second-order valence-corrected chi connectivity index (χ2v) is 6.35. The van der Waals surface area contributed by atoms with E-state index < -0.39 is 43.3 Å². The van der Waals surface area contributed by atoms with Crippen molar-refractivity contribution in [3.8, 4) is 11.5 Å². The van der Waals surface area contributed by atoms with Gasteiger partial charge in [0.2, 0.25) is 5.91 Å². The number of phenolic OH excluding ortho intramolecular Hbond substituents is 1. The number of carbonyl (C=O) groups excluding carboxylic acids is 2. The van der Waals surface area contributed by atoms with E-state index in [2.05, 4.69) is 9.84 Å². The van der Waals surface area contributed by atoms with Crippen molar-refractivity contribution in [1.82, 2.24) is 5.32 Å². The number of phosphoric ester groups is 1. The van der Waals surface area contributed by atoms with Gasteiger partial charge in [0.15, 0.2) is 11.5 Å². The number of hydrogen-bond donors (Lipinski definition) is 5. The molecule has 0 aliphatic heterocycles. The first-order valence-corrected chi connectivity index (χ1v) is 8.86. The fourth-order valence-electron chi connectivity index (χ4n) is 1.87. The number of aromatic hydroxyl groups is 1. The van der Waals surface area contributed by atoms with E-state index in [1.807, 2.05) is 0 Å². The Bertz CT molecular complexity index is 673. The minimum atomic E-state index is -4.82. The molecule has 1 amide bonds. The van der Waals surface area contributed by atoms with Crippen LogP contribution >= 0.6 is 7.82 Å². The largest absolute Gasteiger partial charge is 0.524 e. The number of amides is 1. The molecule has 0 saturated heterocycles. The van der Waals surface area contributed by atoms with Crippen molar-refractivity contribution in [3.63, 3.8) is 0 Å². The monoisotopic (exact) mass is 376 g/mol. The summed E-state index contributed by atoms with van der Waals surface area (Å²) in [5.74, 6) is -2.17. The minimum absolute atomic E-state index is 0.0267. The zero-order valence-corrected chi connectivity index (χ0v) is 14.6. The number of phosphoric acid groups is 1. The van der Waals surface area contributed by atoms with Crippen LogP contribution in [-0.2, 0) is 25.3 Å². The van der Waals surface area contributed by atoms with Gasteiger partial charge in [0.1, 0.15) is 6.04 Å². The van der Waals surface area contributed by atoms with E-state index in [1.54, 1.807) is 6.92 Å². The van der Waals surface area contributed by atoms with Crippen LogP contribution in [0.3, 0.4) is 0 Å². The molecule has 10 nitrogen and oxygen atoms in total. The predicted octanol–water partition coefficient (Wildman–Crippen LogP) is -0.199. The molecular formula is C14H21N2O8P. The normalized spacial score (nSPS) is 13.6. The van der Waals surface area contributed by atoms with Crippen LogP contribution in [0, 0.1) is 0 Å². The third kappa shape index (κ3) is 7.10. The molecular weight excluding hydrogens is 355 g/mol. The van der Waals surface area contributed by atoms with Crippen LogP contribution < -0.4 is 15.6 Å². The zero-order valence-electron chi connectivity index (χ0n) is 13.7. The maximum Gasteiger partial charge on any atom is 0.524 e. The number of nitrogens with two attached hydrogens (primary N) is 1. The highest BCUT2D eigenvalue weighted by atomic mass is 31.2. The molecule has 0 heterocycles. The maximum atomic E-state index is 12.0. The summed E-state index contributed by atoms with van der Waals surface area (Å²) in [5, 5.41) is 12.2. The van der Waals surface area contributed by atoms with Crippen LogP contribution in [0.1, 0.15) is 19.4 Å². The molecule has 6 N–H and O–H groups in total. The van der Waals surface area contributed by atoms with E-state index in [9.17, 15) is 19.3 Å². The van der Waals surface area contributed by atoms with Crippen molar-refractivity contribution >= 4 is 19.7 Å². The molecule has 0 saturated carbocycles. The predicted molar refractivity (Wildman–Crippen MR) is 86.7 cm³/mol. The highest BCUT2D eigenvalue weighted by Gasteiger charge is 2.25. The first kappa shape index (κ1) is 20.9. The molecule has 0 bridgehead atoms. The fourth-order valence-corrected chi connectivity index (χ4v) is 2.28. The van der Waals surface area contributed by atoms with Gasteiger partial charge in [0.05, 0.1) is 12.6 Å². The summed E-state index contributed by atoms with van der Waals surface area (Å²) in [6.45, 7) is 3.18. The minimum Gasteiger partial charge on any atom is -0.504 e. The first-order chi connectivity index (χ1) is 11.5. The molecule has 0 fully saturated rings. The summed E-state index contributed by atoms with van der Waals surface area (Å²) in [4.78, 5) is 41.2. The summed E-state index contributed by atoms with van der Waals surface area (Å²) in [6.07, 6.45) is -0.0267. The summed E-state index contributed by atoms with van der Waals surface area (Å²) in [5.41, 5.74) is 5.86. The van der Waals surface area contributed by atoms with E-state index >= 15 is 0 Å². The van der Waals surface area contributed by atoms with Gasteiger partial charge in [-0.1, -0.05) is 6.07 Å². The molecule has 0 radical (unpaired) electrons. The van der Waals surface area contributed by atoms with Gasteiger partial charge in [0.25, 0.3) is 0 Å². The Labute approximate surface area is 144 Å². The van der Waals surface area contributed by atoms with Crippen molar-refractivity contribution in [2.75, 3.05) is 6.61 Å². The highest BCUT2D eigenvalue weighted by molar-refractivity contribution is 7.46. The van der Waals surface area contributed by atoms with Crippen molar-refractivity contribution in [3.05, 3.63) is 23.8 Å². The number of benzene rings is 1. The van der Waals surface area contributed by atoms with E-state index in [0.717, 1.165) is 12.1 Å². The molecule has 2 atom stereocenters. The lowest BCUT2D eigenvalue weighted by Crippen LogP contribution is -2.48. The summed E-state index contributed by atoms with van der Waals surface area (Å²) < 4.78 is 20.0. The first-order valence-electron chi connectivity index (χ1n) is 7.33. The van der Waals surface area contributed by atoms with Crippen molar-refractivity contribution in [1.29, 1.82) is 0 Å². The quantitative estimate of drug-likeness (QED) is 0.305. The van der Waals surface area contributed by atoms with Crippen LogP contribution in [0.4, 0.5) is 0 Å². The molecule has 1 aromatic rings. The second kappa shape index (κ2) is 8.82. The smallest absolute Gasteiger partial charge is 0.504 e. The summed E-state index contributed by atoms with van der Waals surface area (Å²) in [6, 6.07) is 1.82. The number of phenols is 1. The van der Waals surface area contributed by atoms with Crippen molar-refractivity contribution < 1.29 is 38.3 Å². The van der Waals surface area contributed by atoms with Gasteiger partial charge in [-0.3, -0.25) is 14.6 Å². The Morgan fingerprint density at radius 2 is 2.00 bits per heavy atom. The fraction of sp³-hybridized carbons (Fsp3) is 0.429. The van der Waals surface area contributed by atoms with E-state index in [-0.39, 0.29) is 13.0 Å². The molecule has 0 unspecified atom stereocenters. The van der Waals surface area contributed by atoms with Crippen LogP contribution in [0.15, 0.2) is 18.2 Å². The lowest BCUT2D eigenvalue weighted by atomic mass is 10.0. The summed E-state index contributed by atoms with van der Waals surface area (Å²) in [7, 11) is -4.82. The Kier molecular flexibility index (Phi) is 7.38. The average molecular weight is 376 g/mol. The lowest BCUT2D eigenvalue weighted by Gasteiger charge is -2.19. The van der Waals surface area contributed by atoms with E-state index in [4.69, 9.17) is 20.3 Å². The Balaban J connectivity index is 2.96. The molecule has 0 aliphatic carbocycles. The molecule has 11 heteroatoms. The molecule has 0 spiro atoms. The third-order valence-corrected chi connectivity index (χ3v) is 3.42. The number of nitrogens with one attached hydrogen (secondary N) is 1. The second-order valence-electron chi connectivity index (χ2n) is 5.19. The van der Waals surface area contributed by atoms with Gasteiger partial charge in [0, 0.05) is 6.42 Å². The zero-order chi connectivity index (χ0) is 19.2. The SMILES string of the molecule is CCOC(=O)[C@H](Cc1ccc(OP(=O)(O)O)c(O)c1)NC(=O)[C@H](C)N.